The van der Waals surface area contributed by atoms with Gasteiger partial charge in [-0.3, -0.25) is 4.98 Å². The van der Waals surface area contributed by atoms with Gasteiger partial charge in [-0.2, -0.15) is 0 Å². The number of aromatic nitrogens is 1. The minimum Gasteiger partial charge on any atom is -0.489 e. The number of benzene rings is 1. The number of ether oxygens (including phenoxy) is 1. The van der Waals surface area contributed by atoms with E-state index in [9.17, 15) is 0 Å². The Morgan fingerprint density at radius 3 is 2.60 bits per heavy atom. The summed E-state index contributed by atoms with van der Waals surface area (Å²) in [6, 6.07) is 12.0. The predicted octanol–water partition coefficient (Wildman–Crippen LogP) is 3.22. The van der Waals surface area contributed by atoms with E-state index in [4.69, 9.17) is 4.74 Å². The summed E-state index contributed by atoms with van der Waals surface area (Å²) in [5.41, 5.74) is 3.28. The van der Waals surface area contributed by atoms with E-state index in [1.807, 2.05) is 31.2 Å². The normalized spacial score (nSPS) is 12.6. The molecule has 1 unspecified atom stereocenters. The summed E-state index contributed by atoms with van der Waals surface area (Å²) < 4.78 is 6.00. The molecule has 2 aromatic rings. The average molecular weight is 340 g/mol. The smallest absolute Gasteiger partial charge is 0.191 e. The van der Waals surface area contributed by atoms with Crippen LogP contribution in [0.25, 0.3) is 0 Å². The first-order chi connectivity index (χ1) is 12.1. The van der Waals surface area contributed by atoms with Gasteiger partial charge in [-0.1, -0.05) is 24.3 Å². The van der Waals surface area contributed by atoms with Crippen molar-refractivity contribution in [3.63, 3.8) is 0 Å². The van der Waals surface area contributed by atoms with Gasteiger partial charge in [-0.25, -0.2) is 4.99 Å². The third-order valence-corrected chi connectivity index (χ3v) is 3.83. The summed E-state index contributed by atoms with van der Waals surface area (Å²) >= 11 is 0. The number of nitrogens with one attached hydrogen (secondary N) is 2. The van der Waals surface area contributed by atoms with Crippen LogP contribution in [0.5, 0.6) is 5.75 Å². The van der Waals surface area contributed by atoms with Crippen molar-refractivity contribution in [2.24, 2.45) is 4.99 Å². The van der Waals surface area contributed by atoms with Gasteiger partial charge >= 0.3 is 0 Å². The standard InChI is InChI=1S/C20H28N4O/c1-5-21-20(24-14-18-15(2)10-8-12-22-18)23-13-17(4)25-19-11-7-6-9-16(19)3/h6-12,17H,5,13-14H2,1-4H3,(H2,21,23,24). The van der Waals surface area contributed by atoms with Crippen LogP contribution in [0.4, 0.5) is 0 Å². The fourth-order valence-electron chi connectivity index (χ4n) is 2.37. The number of hydrogen-bond donors (Lipinski definition) is 2. The summed E-state index contributed by atoms with van der Waals surface area (Å²) in [7, 11) is 0. The second kappa shape index (κ2) is 9.67. The van der Waals surface area contributed by atoms with E-state index < -0.39 is 0 Å². The largest absolute Gasteiger partial charge is 0.489 e. The van der Waals surface area contributed by atoms with Crippen LogP contribution in [0.15, 0.2) is 47.6 Å². The molecule has 0 saturated heterocycles. The minimum absolute atomic E-state index is 0.0292. The van der Waals surface area contributed by atoms with Crippen molar-refractivity contribution < 1.29 is 4.74 Å². The van der Waals surface area contributed by atoms with Gasteiger partial charge in [-0.05, 0) is 51.0 Å². The summed E-state index contributed by atoms with van der Waals surface area (Å²) in [5.74, 6) is 1.69. The number of hydrogen-bond acceptors (Lipinski definition) is 3. The van der Waals surface area contributed by atoms with Gasteiger partial charge in [0, 0.05) is 12.7 Å². The molecule has 5 heteroatoms. The van der Waals surface area contributed by atoms with Gasteiger partial charge in [0.25, 0.3) is 0 Å². The number of aryl methyl sites for hydroxylation is 2. The molecular formula is C20H28N4O. The minimum atomic E-state index is 0.0292. The zero-order valence-electron chi connectivity index (χ0n) is 15.5. The molecule has 0 amide bonds. The third-order valence-electron chi connectivity index (χ3n) is 3.83. The first-order valence-electron chi connectivity index (χ1n) is 8.75. The van der Waals surface area contributed by atoms with Gasteiger partial charge in [0.2, 0.25) is 0 Å². The van der Waals surface area contributed by atoms with Crippen LogP contribution in [-0.4, -0.2) is 30.1 Å². The van der Waals surface area contributed by atoms with E-state index in [2.05, 4.69) is 53.5 Å². The zero-order valence-corrected chi connectivity index (χ0v) is 15.5. The highest BCUT2D eigenvalue weighted by atomic mass is 16.5. The van der Waals surface area contributed by atoms with Crippen molar-refractivity contribution in [1.82, 2.24) is 15.6 Å². The lowest BCUT2D eigenvalue weighted by Crippen LogP contribution is -2.41. The molecule has 134 valence electrons. The van der Waals surface area contributed by atoms with Gasteiger partial charge in [0.15, 0.2) is 5.96 Å². The van der Waals surface area contributed by atoms with E-state index in [1.165, 1.54) is 0 Å². The maximum absolute atomic E-state index is 6.00. The molecule has 5 nitrogen and oxygen atoms in total. The van der Waals surface area contributed by atoms with E-state index in [1.54, 1.807) is 6.20 Å². The highest BCUT2D eigenvalue weighted by molar-refractivity contribution is 5.79. The van der Waals surface area contributed by atoms with E-state index in [0.29, 0.717) is 13.1 Å². The molecule has 0 saturated carbocycles. The Hall–Kier alpha value is -2.56. The molecule has 1 aromatic heterocycles. The molecule has 0 aliphatic heterocycles. The first kappa shape index (κ1) is 18.8. The summed E-state index contributed by atoms with van der Waals surface area (Å²) in [6.07, 6.45) is 1.83. The number of aliphatic imine (C=N–C) groups is 1. The lowest BCUT2D eigenvalue weighted by Gasteiger charge is -2.18. The van der Waals surface area contributed by atoms with Gasteiger partial charge in [0.05, 0.1) is 18.8 Å². The Bertz CT molecular complexity index is 700. The van der Waals surface area contributed by atoms with Gasteiger partial charge in [-0.15, -0.1) is 0 Å². The van der Waals surface area contributed by atoms with Crippen LogP contribution in [0, 0.1) is 13.8 Å². The van der Waals surface area contributed by atoms with Crippen molar-refractivity contribution in [1.29, 1.82) is 0 Å². The van der Waals surface area contributed by atoms with Crippen LogP contribution in [-0.2, 0) is 6.54 Å². The topological polar surface area (TPSA) is 58.5 Å². The molecule has 0 aliphatic carbocycles. The monoisotopic (exact) mass is 340 g/mol. The summed E-state index contributed by atoms with van der Waals surface area (Å²) in [5, 5.41) is 6.59. The molecule has 2 rings (SSSR count). The zero-order chi connectivity index (χ0) is 18.1. The Morgan fingerprint density at radius 2 is 1.88 bits per heavy atom. The van der Waals surface area contributed by atoms with E-state index in [-0.39, 0.29) is 6.10 Å². The molecule has 0 aliphatic rings. The van der Waals surface area contributed by atoms with E-state index >= 15 is 0 Å². The molecule has 0 fully saturated rings. The fourth-order valence-corrected chi connectivity index (χ4v) is 2.37. The van der Waals surface area contributed by atoms with Crippen molar-refractivity contribution >= 4 is 5.96 Å². The van der Waals surface area contributed by atoms with Crippen LogP contribution in [0.3, 0.4) is 0 Å². The van der Waals surface area contributed by atoms with Crippen molar-refractivity contribution in [3.8, 4) is 5.75 Å². The molecule has 1 heterocycles. The molecular weight excluding hydrogens is 312 g/mol. The Balaban J connectivity index is 1.91. The van der Waals surface area contributed by atoms with Crippen LogP contribution in [0.2, 0.25) is 0 Å². The quantitative estimate of drug-likeness (QED) is 0.600. The second-order valence-corrected chi connectivity index (χ2v) is 6.04. The number of para-hydroxylation sites is 1. The summed E-state index contributed by atoms with van der Waals surface area (Å²) in [4.78, 5) is 9.00. The Labute approximate surface area is 150 Å². The van der Waals surface area contributed by atoms with Crippen LogP contribution < -0.4 is 15.4 Å². The van der Waals surface area contributed by atoms with Crippen LogP contribution >= 0.6 is 0 Å². The molecule has 0 bridgehead atoms. The number of rotatable bonds is 7. The number of pyridine rings is 1. The fraction of sp³-hybridized carbons (Fsp3) is 0.400. The highest BCUT2D eigenvalue weighted by Crippen LogP contribution is 2.17. The lowest BCUT2D eigenvalue weighted by atomic mass is 10.2. The van der Waals surface area contributed by atoms with Gasteiger partial charge in [0.1, 0.15) is 11.9 Å². The maximum atomic E-state index is 6.00. The predicted molar refractivity (Wildman–Crippen MR) is 103 cm³/mol. The van der Waals surface area contributed by atoms with Crippen molar-refractivity contribution in [2.45, 2.75) is 40.3 Å². The van der Waals surface area contributed by atoms with Gasteiger partial charge < -0.3 is 15.4 Å². The molecule has 1 aromatic carbocycles. The molecule has 0 spiro atoms. The van der Waals surface area contributed by atoms with E-state index in [0.717, 1.165) is 35.1 Å². The molecule has 0 radical (unpaired) electrons. The SMILES string of the molecule is CCNC(=NCc1ncccc1C)NCC(C)Oc1ccccc1C. The lowest BCUT2D eigenvalue weighted by molar-refractivity contribution is 0.222. The first-order valence-corrected chi connectivity index (χ1v) is 8.75. The number of guanidine groups is 1. The Kier molecular flexibility index (Phi) is 7.26. The maximum Gasteiger partial charge on any atom is 0.191 e. The van der Waals surface area contributed by atoms with Crippen molar-refractivity contribution in [2.75, 3.05) is 13.1 Å². The highest BCUT2D eigenvalue weighted by Gasteiger charge is 2.07. The van der Waals surface area contributed by atoms with Crippen molar-refractivity contribution in [3.05, 3.63) is 59.4 Å². The molecule has 25 heavy (non-hydrogen) atoms. The summed E-state index contributed by atoms with van der Waals surface area (Å²) in [6.45, 7) is 10.2. The van der Waals surface area contributed by atoms with Crippen LogP contribution in [0.1, 0.15) is 30.7 Å². The number of nitrogens with zero attached hydrogens (tertiary/aromatic N) is 2. The molecule has 1 atom stereocenters. The third kappa shape index (κ3) is 6.10. The molecule has 2 N–H and O–H groups in total. The Morgan fingerprint density at radius 1 is 1.12 bits per heavy atom. The second-order valence-electron chi connectivity index (χ2n) is 6.04. The average Bonchev–Trinajstić information content (AvgIpc) is 2.60.